The molecule has 0 saturated heterocycles. The van der Waals surface area contributed by atoms with E-state index >= 15 is 0 Å². The molecule has 0 aliphatic heterocycles. The predicted octanol–water partition coefficient (Wildman–Crippen LogP) is 2.64. The number of rotatable bonds is 6. The summed E-state index contributed by atoms with van der Waals surface area (Å²) in [4.78, 5) is 27.9. The molecule has 0 saturated carbocycles. The number of halogens is 3. The fourth-order valence-electron chi connectivity index (χ4n) is 1.50. The molecule has 0 atom stereocenters. The Hall–Kier alpha value is -1.94. The standard InChI is InChI=1S/C13H11F3N2O3S2/c14-13(15,16)7-17-10(19)5-21-11(20)4-8-6-23-12(18-8)9-2-1-3-22-9/h1-3,6H,4-5,7H2,(H,17,19). The lowest BCUT2D eigenvalue weighted by molar-refractivity contribution is -0.150. The van der Waals surface area contributed by atoms with Gasteiger partial charge in [-0.3, -0.25) is 9.59 Å². The first-order valence-electron chi connectivity index (χ1n) is 6.31. The molecule has 0 bridgehead atoms. The predicted molar refractivity (Wildman–Crippen MR) is 79.2 cm³/mol. The fourth-order valence-corrected chi connectivity index (χ4v) is 3.13. The lowest BCUT2D eigenvalue weighted by Gasteiger charge is -2.08. The highest BCUT2D eigenvalue weighted by molar-refractivity contribution is 7.20. The molecule has 0 aromatic carbocycles. The molecule has 0 aliphatic carbocycles. The third-order valence-corrected chi connectivity index (χ3v) is 4.39. The van der Waals surface area contributed by atoms with E-state index in [4.69, 9.17) is 0 Å². The molecule has 0 spiro atoms. The van der Waals surface area contributed by atoms with E-state index in [1.54, 1.807) is 10.7 Å². The molecule has 2 aromatic heterocycles. The van der Waals surface area contributed by atoms with E-state index < -0.39 is 31.2 Å². The van der Waals surface area contributed by atoms with Crippen LogP contribution in [-0.2, 0) is 20.7 Å². The topological polar surface area (TPSA) is 68.3 Å². The molecule has 1 N–H and O–H groups in total. The van der Waals surface area contributed by atoms with Gasteiger partial charge < -0.3 is 10.1 Å². The highest BCUT2D eigenvalue weighted by Gasteiger charge is 2.27. The van der Waals surface area contributed by atoms with Crippen LogP contribution in [0.1, 0.15) is 5.69 Å². The van der Waals surface area contributed by atoms with Crippen molar-refractivity contribution in [3.63, 3.8) is 0 Å². The van der Waals surface area contributed by atoms with Crippen LogP contribution in [0.3, 0.4) is 0 Å². The Morgan fingerprint density at radius 1 is 1.30 bits per heavy atom. The number of hydrogen-bond acceptors (Lipinski definition) is 6. The van der Waals surface area contributed by atoms with Gasteiger partial charge in [0.15, 0.2) is 6.61 Å². The average Bonchev–Trinajstić information content (AvgIpc) is 3.12. The van der Waals surface area contributed by atoms with E-state index in [-0.39, 0.29) is 6.42 Å². The van der Waals surface area contributed by atoms with Crippen LogP contribution in [0.4, 0.5) is 13.2 Å². The minimum atomic E-state index is -4.50. The van der Waals surface area contributed by atoms with E-state index in [2.05, 4.69) is 9.72 Å². The molecule has 0 radical (unpaired) electrons. The van der Waals surface area contributed by atoms with Crippen LogP contribution in [0.25, 0.3) is 9.88 Å². The lowest BCUT2D eigenvalue weighted by atomic mass is 10.3. The van der Waals surface area contributed by atoms with Gasteiger partial charge in [-0.1, -0.05) is 6.07 Å². The molecule has 1 amide bonds. The molecule has 0 fully saturated rings. The number of hydrogen-bond donors (Lipinski definition) is 1. The van der Waals surface area contributed by atoms with Gasteiger partial charge in [-0.25, -0.2) is 4.98 Å². The van der Waals surface area contributed by atoms with Crippen molar-refractivity contribution in [2.75, 3.05) is 13.2 Å². The summed E-state index contributed by atoms with van der Waals surface area (Å²) in [6.07, 6.45) is -4.65. The number of nitrogens with one attached hydrogen (secondary N) is 1. The third kappa shape index (κ3) is 5.99. The summed E-state index contributed by atoms with van der Waals surface area (Å²) in [6.45, 7) is -2.21. The fraction of sp³-hybridized carbons (Fsp3) is 0.308. The largest absolute Gasteiger partial charge is 0.455 e. The van der Waals surface area contributed by atoms with Crippen molar-refractivity contribution in [1.82, 2.24) is 10.3 Å². The van der Waals surface area contributed by atoms with Crippen LogP contribution in [0.5, 0.6) is 0 Å². The second-order valence-corrected chi connectivity index (χ2v) is 6.16. The van der Waals surface area contributed by atoms with Crippen LogP contribution in [0.15, 0.2) is 22.9 Å². The first kappa shape index (κ1) is 17.4. The Labute approximate surface area is 137 Å². The van der Waals surface area contributed by atoms with Gasteiger partial charge in [0, 0.05) is 5.38 Å². The van der Waals surface area contributed by atoms with E-state index in [0.717, 1.165) is 9.88 Å². The van der Waals surface area contributed by atoms with Gasteiger partial charge in [-0.15, -0.1) is 22.7 Å². The Morgan fingerprint density at radius 2 is 2.09 bits per heavy atom. The smallest absolute Gasteiger partial charge is 0.405 e. The molecule has 0 unspecified atom stereocenters. The average molecular weight is 364 g/mol. The summed E-state index contributed by atoms with van der Waals surface area (Å²) in [5, 5.41) is 5.98. The molecule has 2 rings (SSSR count). The number of carbonyl (C=O) groups excluding carboxylic acids is 2. The summed E-state index contributed by atoms with van der Waals surface area (Å²) in [6, 6.07) is 3.78. The number of thiophene rings is 1. The van der Waals surface area contributed by atoms with Crippen LogP contribution in [0, 0.1) is 0 Å². The van der Waals surface area contributed by atoms with Crippen molar-refractivity contribution < 1.29 is 27.5 Å². The zero-order valence-corrected chi connectivity index (χ0v) is 13.2. The van der Waals surface area contributed by atoms with Crippen LogP contribution < -0.4 is 5.32 Å². The van der Waals surface area contributed by atoms with Crippen LogP contribution in [-0.4, -0.2) is 36.2 Å². The van der Waals surface area contributed by atoms with Gasteiger partial charge in [0.25, 0.3) is 5.91 Å². The number of alkyl halides is 3. The highest BCUT2D eigenvalue weighted by atomic mass is 32.1. The van der Waals surface area contributed by atoms with Crippen LogP contribution >= 0.6 is 22.7 Å². The number of amides is 1. The van der Waals surface area contributed by atoms with Gasteiger partial charge in [-0.2, -0.15) is 13.2 Å². The number of nitrogens with zero attached hydrogens (tertiary/aromatic N) is 1. The quantitative estimate of drug-likeness (QED) is 0.800. The van der Waals surface area contributed by atoms with Crippen molar-refractivity contribution in [2.24, 2.45) is 0 Å². The van der Waals surface area contributed by atoms with Crippen molar-refractivity contribution in [3.05, 3.63) is 28.6 Å². The minimum absolute atomic E-state index is 0.144. The molecule has 10 heteroatoms. The van der Waals surface area contributed by atoms with E-state index in [0.29, 0.717) is 5.69 Å². The van der Waals surface area contributed by atoms with Crippen molar-refractivity contribution in [1.29, 1.82) is 0 Å². The number of thiazole rings is 1. The molecule has 0 aliphatic rings. The maximum absolute atomic E-state index is 11.9. The summed E-state index contributed by atoms with van der Waals surface area (Å²) in [5.41, 5.74) is 0.485. The lowest BCUT2D eigenvalue weighted by Crippen LogP contribution is -2.36. The maximum atomic E-state index is 11.9. The number of carbonyl (C=O) groups is 2. The molecule has 5 nitrogen and oxygen atoms in total. The van der Waals surface area contributed by atoms with Gasteiger partial charge in [0.2, 0.25) is 0 Å². The number of aromatic nitrogens is 1. The number of esters is 1. The van der Waals surface area contributed by atoms with Crippen LogP contribution in [0.2, 0.25) is 0 Å². The van der Waals surface area contributed by atoms with E-state index in [9.17, 15) is 22.8 Å². The van der Waals surface area contributed by atoms with Gasteiger partial charge in [0.1, 0.15) is 11.6 Å². The Kier molecular flexibility index (Phi) is 5.72. The van der Waals surface area contributed by atoms with Crippen molar-refractivity contribution in [2.45, 2.75) is 12.6 Å². The van der Waals surface area contributed by atoms with Gasteiger partial charge >= 0.3 is 12.1 Å². The first-order chi connectivity index (χ1) is 10.8. The molecule has 2 heterocycles. The minimum Gasteiger partial charge on any atom is -0.455 e. The van der Waals surface area contributed by atoms with E-state index in [1.165, 1.54) is 22.7 Å². The Morgan fingerprint density at radius 3 is 2.74 bits per heavy atom. The second kappa shape index (κ2) is 7.55. The Balaban J connectivity index is 1.76. The van der Waals surface area contributed by atoms with Gasteiger partial charge in [0.05, 0.1) is 17.0 Å². The molecule has 23 heavy (non-hydrogen) atoms. The van der Waals surface area contributed by atoms with Gasteiger partial charge in [-0.05, 0) is 11.4 Å². The highest BCUT2D eigenvalue weighted by Crippen LogP contribution is 2.27. The summed E-state index contributed by atoms with van der Waals surface area (Å²) in [7, 11) is 0. The normalized spacial score (nSPS) is 11.3. The first-order valence-corrected chi connectivity index (χ1v) is 8.07. The monoisotopic (exact) mass is 364 g/mol. The maximum Gasteiger partial charge on any atom is 0.405 e. The van der Waals surface area contributed by atoms with Crippen molar-refractivity contribution in [3.8, 4) is 9.88 Å². The molecule has 2 aromatic rings. The zero-order chi connectivity index (χ0) is 16.9. The third-order valence-electron chi connectivity index (χ3n) is 2.46. The van der Waals surface area contributed by atoms with Crippen molar-refractivity contribution >= 4 is 34.6 Å². The molecular weight excluding hydrogens is 353 g/mol. The summed E-state index contributed by atoms with van der Waals surface area (Å²) < 4.78 is 40.3. The number of ether oxygens (including phenoxy) is 1. The van der Waals surface area contributed by atoms with E-state index in [1.807, 2.05) is 17.5 Å². The SMILES string of the molecule is O=C(COC(=O)Cc1csc(-c2cccs2)n1)NCC(F)(F)F. The summed E-state index contributed by atoms with van der Waals surface area (Å²) in [5.74, 6) is -1.73. The molecule has 124 valence electrons. The molecular formula is C13H11F3N2O3S2. The summed E-state index contributed by atoms with van der Waals surface area (Å²) >= 11 is 2.89. The Bertz CT molecular complexity index is 668. The zero-order valence-electron chi connectivity index (χ0n) is 11.6. The second-order valence-electron chi connectivity index (χ2n) is 4.35.